The number of carbonyl (C=O) groups is 2. The molecule has 0 unspecified atom stereocenters. The maximum absolute atomic E-state index is 12.0. The SMILES string of the molecule is Cc1ccc(OCC(=O)NCCNC(=O)c2ccccc2S)cc1C. The number of hydrogen-bond acceptors (Lipinski definition) is 4. The van der Waals surface area contributed by atoms with E-state index in [1.165, 1.54) is 5.56 Å². The van der Waals surface area contributed by atoms with Crippen LogP contribution in [0, 0.1) is 13.8 Å². The van der Waals surface area contributed by atoms with Crippen LogP contribution >= 0.6 is 12.6 Å². The topological polar surface area (TPSA) is 67.4 Å². The van der Waals surface area contributed by atoms with Crippen LogP contribution in [-0.2, 0) is 4.79 Å². The molecule has 2 aromatic rings. The summed E-state index contributed by atoms with van der Waals surface area (Å²) in [6.45, 7) is 4.61. The van der Waals surface area contributed by atoms with E-state index in [-0.39, 0.29) is 18.4 Å². The van der Waals surface area contributed by atoms with Crippen molar-refractivity contribution in [3.63, 3.8) is 0 Å². The second-order valence-corrected chi connectivity index (χ2v) is 6.14. The van der Waals surface area contributed by atoms with Gasteiger partial charge in [-0.3, -0.25) is 9.59 Å². The molecule has 0 aliphatic carbocycles. The Bertz CT molecular complexity index is 762. The van der Waals surface area contributed by atoms with Gasteiger partial charge in [0.1, 0.15) is 5.75 Å². The van der Waals surface area contributed by atoms with Gasteiger partial charge >= 0.3 is 0 Å². The van der Waals surface area contributed by atoms with E-state index in [1.807, 2.05) is 38.1 Å². The first kappa shape index (κ1) is 18.9. The Morgan fingerprint density at radius 2 is 1.72 bits per heavy atom. The standard InChI is InChI=1S/C19H22N2O3S/c1-13-7-8-15(11-14(13)2)24-12-18(22)20-9-10-21-19(23)16-5-3-4-6-17(16)25/h3-8,11,25H,9-10,12H2,1-2H3,(H,20,22)(H,21,23). The average Bonchev–Trinajstić information content (AvgIpc) is 2.60. The molecule has 0 aliphatic heterocycles. The molecule has 0 saturated carbocycles. The van der Waals surface area contributed by atoms with Gasteiger partial charge in [0.05, 0.1) is 5.56 Å². The number of rotatable bonds is 7. The van der Waals surface area contributed by atoms with Crippen molar-refractivity contribution >= 4 is 24.4 Å². The first-order chi connectivity index (χ1) is 12.0. The van der Waals surface area contributed by atoms with Gasteiger partial charge in [0, 0.05) is 18.0 Å². The largest absolute Gasteiger partial charge is 0.484 e. The van der Waals surface area contributed by atoms with E-state index in [2.05, 4.69) is 23.3 Å². The summed E-state index contributed by atoms with van der Waals surface area (Å²) < 4.78 is 5.46. The lowest BCUT2D eigenvalue weighted by atomic mass is 10.1. The lowest BCUT2D eigenvalue weighted by molar-refractivity contribution is -0.123. The fraction of sp³-hybridized carbons (Fsp3) is 0.263. The maximum atomic E-state index is 12.0. The fourth-order valence-electron chi connectivity index (χ4n) is 2.14. The number of benzene rings is 2. The van der Waals surface area contributed by atoms with E-state index in [4.69, 9.17) is 4.74 Å². The zero-order chi connectivity index (χ0) is 18.2. The quantitative estimate of drug-likeness (QED) is 0.526. The van der Waals surface area contributed by atoms with Crippen molar-refractivity contribution in [2.45, 2.75) is 18.7 Å². The molecule has 0 heterocycles. The van der Waals surface area contributed by atoms with Gasteiger partial charge in [0.25, 0.3) is 11.8 Å². The number of aryl methyl sites for hydroxylation is 2. The van der Waals surface area contributed by atoms with Gasteiger partial charge in [-0.15, -0.1) is 12.6 Å². The molecular formula is C19H22N2O3S. The molecule has 0 aliphatic rings. The first-order valence-corrected chi connectivity index (χ1v) is 8.45. The van der Waals surface area contributed by atoms with Crippen LogP contribution in [-0.4, -0.2) is 31.5 Å². The zero-order valence-corrected chi connectivity index (χ0v) is 15.2. The Morgan fingerprint density at radius 3 is 2.44 bits per heavy atom. The molecule has 2 aromatic carbocycles. The Balaban J connectivity index is 1.67. The summed E-state index contributed by atoms with van der Waals surface area (Å²) in [6, 6.07) is 12.7. The third kappa shape index (κ3) is 5.83. The summed E-state index contributed by atoms with van der Waals surface area (Å²) in [5.41, 5.74) is 2.80. The maximum Gasteiger partial charge on any atom is 0.258 e. The van der Waals surface area contributed by atoms with Gasteiger partial charge < -0.3 is 15.4 Å². The van der Waals surface area contributed by atoms with E-state index >= 15 is 0 Å². The van der Waals surface area contributed by atoms with Crippen LogP contribution in [0.1, 0.15) is 21.5 Å². The van der Waals surface area contributed by atoms with Crippen molar-refractivity contribution in [3.8, 4) is 5.75 Å². The third-order valence-corrected chi connectivity index (χ3v) is 4.12. The summed E-state index contributed by atoms with van der Waals surface area (Å²) in [4.78, 5) is 24.4. The number of carbonyl (C=O) groups excluding carboxylic acids is 2. The Labute approximate surface area is 153 Å². The number of thiol groups is 1. The van der Waals surface area contributed by atoms with E-state index in [9.17, 15) is 9.59 Å². The van der Waals surface area contributed by atoms with Gasteiger partial charge in [-0.2, -0.15) is 0 Å². The molecule has 132 valence electrons. The van der Waals surface area contributed by atoms with Gasteiger partial charge in [-0.05, 0) is 49.2 Å². The van der Waals surface area contributed by atoms with Gasteiger partial charge in [-0.1, -0.05) is 18.2 Å². The van der Waals surface area contributed by atoms with Crippen LogP contribution < -0.4 is 15.4 Å². The van der Waals surface area contributed by atoms with Gasteiger partial charge in [0.15, 0.2) is 6.61 Å². The number of nitrogens with one attached hydrogen (secondary N) is 2. The van der Waals surface area contributed by atoms with Crippen molar-refractivity contribution < 1.29 is 14.3 Å². The molecule has 25 heavy (non-hydrogen) atoms. The zero-order valence-electron chi connectivity index (χ0n) is 14.3. The lowest BCUT2D eigenvalue weighted by Crippen LogP contribution is -2.36. The molecule has 0 radical (unpaired) electrons. The molecular weight excluding hydrogens is 336 g/mol. The molecule has 2 rings (SSSR count). The third-order valence-electron chi connectivity index (χ3n) is 3.73. The minimum absolute atomic E-state index is 0.0596. The smallest absolute Gasteiger partial charge is 0.258 e. The predicted molar refractivity (Wildman–Crippen MR) is 100 cm³/mol. The van der Waals surface area contributed by atoms with Gasteiger partial charge in [0.2, 0.25) is 0 Å². The number of amides is 2. The van der Waals surface area contributed by atoms with Crippen LogP contribution in [0.2, 0.25) is 0 Å². The summed E-state index contributed by atoms with van der Waals surface area (Å²) in [7, 11) is 0. The summed E-state index contributed by atoms with van der Waals surface area (Å²) in [6.07, 6.45) is 0. The van der Waals surface area contributed by atoms with E-state index < -0.39 is 0 Å². The lowest BCUT2D eigenvalue weighted by Gasteiger charge is -2.10. The van der Waals surface area contributed by atoms with E-state index in [0.717, 1.165) is 5.56 Å². The molecule has 2 N–H and O–H groups in total. The average molecular weight is 358 g/mol. The van der Waals surface area contributed by atoms with Gasteiger partial charge in [-0.25, -0.2) is 0 Å². The predicted octanol–water partition coefficient (Wildman–Crippen LogP) is 2.52. The molecule has 0 saturated heterocycles. The van der Waals surface area contributed by atoms with Crippen molar-refractivity contribution in [2.75, 3.05) is 19.7 Å². The molecule has 0 bridgehead atoms. The normalized spacial score (nSPS) is 10.2. The molecule has 0 aromatic heterocycles. The molecule has 0 atom stereocenters. The Morgan fingerprint density at radius 1 is 1.00 bits per heavy atom. The van der Waals surface area contributed by atoms with Crippen molar-refractivity contribution in [1.82, 2.24) is 10.6 Å². The van der Waals surface area contributed by atoms with Crippen LogP contribution in [0.25, 0.3) is 0 Å². The van der Waals surface area contributed by atoms with E-state index in [0.29, 0.717) is 29.3 Å². The van der Waals surface area contributed by atoms with Crippen molar-refractivity contribution in [3.05, 3.63) is 59.2 Å². The van der Waals surface area contributed by atoms with E-state index in [1.54, 1.807) is 18.2 Å². The van der Waals surface area contributed by atoms with Crippen LogP contribution in [0.5, 0.6) is 5.75 Å². The van der Waals surface area contributed by atoms with Crippen molar-refractivity contribution in [2.24, 2.45) is 0 Å². The monoisotopic (exact) mass is 358 g/mol. The fourth-order valence-corrected chi connectivity index (χ4v) is 2.40. The summed E-state index contributed by atoms with van der Waals surface area (Å²) in [5.74, 6) is 0.213. The van der Waals surface area contributed by atoms with Crippen LogP contribution in [0.4, 0.5) is 0 Å². The Hall–Kier alpha value is -2.47. The van der Waals surface area contributed by atoms with Crippen LogP contribution in [0.3, 0.4) is 0 Å². The minimum Gasteiger partial charge on any atom is -0.484 e. The molecule has 0 spiro atoms. The number of hydrogen-bond donors (Lipinski definition) is 3. The van der Waals surface area contributed by atoms with Crippen molar-refractivity contribution in [1.29, 1.82) is 0 Å². The summed E-state index contributed by atoms with van der Waals surface area (Å²) in [5, 5.41) is 5.44. The minimum atomic E-state index is -0.234. The second-order valence-electron chi connectivity index (χ2n) is 5.66. The highest BCUT2D eigenvalue weighted by Gasteiger charge is 2.08. The second kappa shape index (κ2) is 9.13. The highest BCUT2D eigenvalue weighted by molar-refractivity contribution is 7.80. The molecule has 5 nitrogen and oxygen atoms in total. The molecule has 0 fully saturated rings. The van der Waals surface area contributed by atoms with Crippen LogP contribution in [0.15, 0.2) is 47.4 Å². The first-order valence-electron chi connectivity index (χ1n) is 8.00. The summed E-state index contributed by atoms with van der Waals surface area (Å²) >= 11 is 4.24. The molecule has 2 amide bonds. The highest BCUT2D eigenvalue weighted by Crippen LogP contribution is 2.16. The number of ether oxygens (including phenoxy) is 1. The molecule has 6 heteroatoms. The highest BCUT2D eigenvalue weighted by atomic mass is 32.1. The Kier molecular flexibility index (Phi) is 6.89.